The molecule has 1 aromatic heterocycles. The van der Waals surface area contributed by atoms with Gasteiger partial charge in [-0.1, -0.05) is 23.2 Å². The Morgan fingerprint density at radius 2 is 2.36 bits per heavy atom. The smallest absolute Gasteiger partial charge is 0.142 e. The van der Waals surface area contributed by atoms with Gasteiger partial charge in [0.15, 0.2) is 0 Å². The summed E-state index contributed by atoms with van der Waals surface area (Å²) >= 11 is 13.0. The standard InChI is InChI=1S/C7H8Cl2OS/c1-10-4-5-2-3-11-6(5)7(8)9/h2-3,7H,4H2,1H3. The minimum atomic E-state index is -0.430. The average molecular weight is 211 g/mol. The van der Waals surface area contributed by atoms with E-state index in [0.29, 0.717) is 6.61 Å². The van der Waals surface area contributed by atoms with Crippen molar-refractivity contribution in [3.05, 3.63) is 21.9 Å². The fourth-order valence-corrected chi connectivity index (χ4v) is 2.16. The summed E-state index contributed by atoms with van der Waals surface area (Å²) in [6.45, 7) is 0.578. The first-order chi connectivity index (χ1) is 5.25. The molecular weight excluding hydrogens is 203 g/mol. The maximum Gasteiger partial charge on any atom is 0.142 e. The summed E-state index contributed by atoms with van der Waals surface area (Å²) in [6, 6.07) is 1.97. The van der Waals surface area contributed by atoms with E-state index in [4.69, 9.17) is 27.9 Å². The maximum absolute atomic E-state index is 5.71. The first-order valence-corrected chi connectivity index (χ1v) is 4.84. The van der Waals surface area contributed by atoms with Gasteiger partial charge in [0.05, 0.1) is 6.61 Å². The van der Waals surface area contributed by atoms with Gasteiger partial charge in [0.2, 0.25) is 0 Å². The molecule has 0 unspecified atom stereocenters. The van der Waals surface area contributed by atoms with E-state index in [-0.39, 0.29) is 0 Å². The minimum absolute atomic E-state index is 0.430. The highest BCUT2D eigenvalue weighted by atomic mass is 35.5. The molecule has 0 bridgehead atoms. The lowest BCUT2D eigenvalue weighted by Gasteiger charge is -2.01. The molecule has 62 valence electrons. The Kier molecular flexibility index (Phi) is 3.66. The van der Waals surface area contributed by atoms with Crippen LogP contribution in [0.5, 0.6) is 0 Å². The quantitative estimate of drug-likeness (QED) is 0.696. The molecule has 0 saturated carbocycles. The normalized spacial score (nSPS) is 10.9. The Hall–Kier alpha value is 0.240. The molecule has 1 aromatic rings. The van der Waals surface area contributed by atoms with Crippen LogP contribution in [-0.4, -0.2) is 7.11 Å². The topological polar surface area (TPSA) is 9.23 Å². The summed E-state index contributed by atoms with van der Waals surface area (Å²) in [6.07, 6.45) is 0. The maximum atomic E-state index is 5.71. The van der Waals surface area contributed by atoms with E-state index < -0.39 is 4.84 Å². The summed E-state index contributed by atoms with van der Waals surface area (Å²) in [5, 5.41) is 1.96. The van der Waals surface area contributed by atoms with Gasteiger partial charge in [-0.25, -0.2) is 0 Å². The summed E-state index contributed by atoms with van der Waals surface area (Å²) in [5.74, 6) is 0. The molecule has 0 aliphatic rings. The van der Waals surface area contributed by atoms with Crippen LogP contribution >= 0.6 is 34.5 Å². The lowest BCUT2D eigenvalue weighted by Crippen LogP contribution is -1.89. The van der Waals surface area contributed by atoms with Gasteiger partial charge in [0.25, 0.3) is 0 Å². The van der Waals surface area contributed by atoms with Crippen LogP contribution in [0.25, 0.3) is 0 Å². The molecule has 11 heavy (non-hydrogen) atoms. The van der Waals surface area contributed by atoms with Gasteiger partial charge in [-0.2, -0.15) is 0 Å². The zero-order valence-corrected chi connectivity index (χ0v) is 8.34. The fraction of sp³-hybridized carbons (Fsp3) is 0.429. The molecule has 0 aliphatic heterocycles. The van der Waals surface area contributed by atoms with Crippen molar-refractivity contribution in [2.45, 2.75) is 11.4 Å². The number of hydrogen-bond donors (Lipinski definition) is 0. The third kappa shape index (κ3) is 2.34. The Balaban J connectivity index is 2.78. The second-order valence-corrected chi connectivity index (χ2v) is 4.09. The lowest BCUT2D eigenvalue weighted by atomic mass is 10.3. The van der Waals surface area contributed by atoms with E-state index in [1.165, 1.54) is 0 Å². The third-order valence-electron chi connectivity index (χ3n) is 1.28. The summed E-state index contributed by atoms with van der Waals surface area (Å²) in [5.41, 5.74) is 1.08. The number of ether oxygens (including phenoxy) is 1. The number of thiophene rings is 1. The van der Waals surface area contributed by atoms with Crippen LogP contribution in [0.2, 0.25) is 0 Å². The highest BCUT2D eigenvalue weighted by Gasteiger charge is 2.10. The molecule has 0 saturated heterocycles. The molecule has 0 aliphatic carbocycles. The molecule has 4 heteroatoms. The zero-order valence-electron chi connectivity index (χ0n) is 6.01. The van der Waals surface area contributed by atoms with E-state index in [0.717, 1.165) is 10.4 Å². The van der Waals surface area contributed by atoms with Crippen molar-refractivity contribution in [3.63, 3.8) is 0 Å². The molecule has 0 N–H and O–H groups in total. The van der Waals surface area contributed by atoms with E-state index in [1.807, 2.05) is 11.4 Å². The van der Waals surface area contributed by atoms with Crippen molar-refractivity contribution < 1.29 is 4.74 Å². The lowest BCUT2D eigenvalue weighted by molar-refractivity contribution is 0.184. The van der Waals surface area contributed by atoms with Crippen LogP contribution in [0.15, 0.2) is 11.4 Å². The van der Waals surface area contributed by atoms with Crippen LogP contribution in [0.4, 0.5) is 0 Å². The van der Waals surface area contributed by atoms with Gasteiger partial charge < -0.3 is 4.74 Å². The second-order valence-electron chi connectivity index (χ2n) is 2.04. The van der Waals surface area contributed by atoms with E-state index in [1.54, 1.807) is 18.4 Å². The van der Waals surface area contributed by atoms with Crippen LogP contribution in [-0.2, 0) is 11.3 Å². The molecule has 0 radical (unpaired) electrons. The number of rotatable bonds is 3. The highest BCUT2D eigenvalue weighted by Crippen LogP contribution is 2.32. The fourth-order valence-electron chi connectivity index (χ4n) is 0.814. The number of halogens is 2. The minimum Gasteiger partial charge on any atom is -0.380 e. The van der Waals surface area contributed by atoms with Gasteiger partial charge in [-0.15, -0.1) is 11.3 Å². The van der Waals surface area contributed by atoms with Gasteiger partial charge >= 0.3 is 0 Å². The van der Waals surface area contributed by atoms with Crippen LogP contribution in [0, 0.1) is 0 Å². The van der Waals surface area contributed by atoms with Gasteiger partial charge in [-0.05, 0) is 17.0 Å². The van der Waals surface area contributed by atoms with Gasteiger partial charge in [0.1, 0.15) is 4.84 Å². The Bertz CT molecular complexity index is 222. The Labute approximate surface area is 79.9 Å². The van der Waals surface area contributed by atoms with Crippen LogP contribution in [0.1, 0.15) is 15.3 Å². The highest BCUT2D eigenvalue weighted by molar-refractivity contribution is 7.10. The van der Waals surface area contributed by atoms with Crippen molar-refractivity contribution >= 4 is 34.5 Å². The van der Waals surface area contributed by atoms with Crippen molar-refractivity contribution in [1.29, 1.82) is 0 Å². The van der Waals surface area contributed by atoms with E-state index in [9.17, 15) is 0 Å². The molecule has 1 nitrogen and oxygen atoms in total. The molecule has 0 spiro atoms. The molecule has 0 aromatic carbocycles. The molecule has 0 fully saturated rings. The van der Waals surface area contributed by atoms with Crippen LogP contribution < -0.4 is 0 Å². The second kappa shape index (κ2) is 4.31. The average Bonchev–Trinajstić information content (AvgIpc) is 2.36. The Morgan fingerprint density at radius 3 is 2.91 bits per heavy atom. The van der Waals surface area contributed by atoms with Gasteiger partial charge in [-0.3, -0.25) is 0 Å². The van der Waals surface area contributed by atoms with Crippen LogP contribution in [0.3, 0.4) is 0 Å². The SMILES string of the molecule is COCc1ccsc1C(Cl)Cl. The van der Waals surface area contributed by atoms with Gasteiger partial charge in [0, 0.05) is 12.0 Å². The predicted octanol–water partition coefficient (Wildman–Crippen LogP) is 3.37. The zero-order chi connectivity index (χ0) is 8.27. The summed E-state index contributed by atoms with van der Waals surface area (Å²) in [7, 11) is 1.65. The largest absolute Gasteiger partial charge is 0.380 e. The van der Waals surface area contributed by atoms with E-state index >= 15 is 0 Å². The molecular formula is C7H8Cl2OS. The Morgan fingerprint density at radius 1 is 1.64 bits per heavy atom. The molecule has 1 rings (SSSR count). The predicted molar refractivity (Wildman–Crippen MR) is 49.5 cm³/mol. The number of alkyl halides is 2. The van der Waals surface area contributed by atoms with E-state index in [2.05, 4.69) is 0 Å². The summed E-state index contributed by atoms with van der Waals surface area (Å²) < 4.78 is 4.97. The first kappa shape index (κ1) is 9.33. The number of hydrogen-bond acceptors (Lipinski definition) is 2. The van der Waals surface area contributed by atoms with Crippen molar-refractivity contribution in [1.82, 2.24) is 0 Å². The summed E-state index contributed by atoms with van der Waals surface area (Å²) in [4.78, 5) is 0.551. The van der Waals surface area contributed by atoms with Crippen molar-refractivity contribution in [2.75, 3.05) is 7.11 Å². The molecule has 0 amide bonds. The third-order valence-corrected chi connectivity index (χ3v) is 3.00. The molecule has 1 heterocycles. The first-order valence-electron chi connectivity index (χ1n) is 3.09. The monoisotopic (exact) mass is 210 g/mol. The van der Waals surface area contributed by atoms with Crippen molar-refractivity contribution in [3.8, 4) is 0 Å². The molecule has 0 atom stereocenters. The number of methoxy groups -OCH3 is 1. The van der Waals surface area contributed by atoms with Crippen molar-refractivity contribution in [2.24, 2.45) is 0 Å².